The fourth-order valence-corrected chi connectivity index (χ4v) is 4.62. The summed E-state index contributed by atoms with van der Waals surface area (Å²) in [5.41, 5.74) is 1.46. The minimum absolute atomic E-state index is 0.470. The van der Waals surface area contributed by atoms with Gasteiger partial charge in [-0.25, -0.2) is 9.59 Å². The van der Waals surface area contributed by atoms with E-state index in [0.29, 0.717) is 18.1 Å². The molecule has 3 atom stereocenters. The third-order valence-electron chi connectivity index (χ3n) is 6.59. The lowest BCUT2D eigenvalue weighted by Crippen LogP contribution is -2.51. The summed E-state index contributed by atoms with van der Waals surface area (Å²) in [6.07, 6.45) is -4.42. The molecule has 3 aliphatic rings. The molecule has 1 aromatic rings. The van der Waals surface area contributed by atoms with Gasteiger partial charge in [0.2, 0.25) is 0 Å². The maximum atomic E-state index is 10.6. The van der Waals surface area contributed by atoms with E-state index in [1.54, 1.807) is 0 Å². The van der Waals surface area contributed by atoms with Gasteiger partial charge in [-0.1, -0.05) is 30.3 Å². The lowest BCUT2D eigenvalue weighted by atomic mass is 9.88. The molecule has 1 aromatic carbocycles. The SMILES string of the molecule is CO[C@H]1CCN(CCc2ccccc2)[C@@H]2CN(CC3CC3)C[C@H]12.O=C(O)C(F)(F)F.O=C(O)C(F)(F)F. The van der Waals surface area contributed by atoms with Crippen molar-refractivity contribution in [2.45, 2.75) is 50.2 Å². The van der Waals surface area contributed by atoms with Crippen LogP contribution in [0.1, 0.15) is 24.8 Å². The number of fused-ring (bicyclic) bond motifs is 1. The standard InChI is InChI=1S/C20H30N2O.2C2HF3O2/c1-23-20-10-12-22(11-9-16-5-3-2-4-6-16)19-15-21(14-18(19)20)13-17-7-8-17;2*3-2(4,5)1(6)7/h2-6,17-20H,7-15H2,1H3;2*(H,6,7)/t18-,19+,20-;;/m0../s1. The minimum Gasteiger partial charge on any atom is -0.475 e. The average molecular weight is 543 g/mol. The molecule has 2 heterocycles. The number of methoxy groups -OCH3 is 1. The molecular formula is C24H32F6N2O5. The highest BCUT2D eigenvalue weighted by Gasteiger charge is 2.45. The molecule has 2 aliphatic heterocycles. The van der Waals surface area contributed by atoms with Crippen LogP contribution in [0, 0.1) is 11.8 Å². The molecular weight excluding hydrogens is 510 g/mol. The van der Waals surface area contributed by atoms with Crippen LogP contribution in [0.4, 0.5) is 26.3 Å². The highest BCUT2D eigenvalue weighted by Crippen LogP contribution is 2.36. The van der Waals surface area contributed by atoms with Gasteiger partial charge in [0.05, 0.1) is 6.10 Å². The van der Waals surface area contributed by atoms with Gasteiger partial charge >= 0.3 is 24.3 Å². The predicted octanol–water partition coefficient (Wildman–Crippen LogP) is 3.93. The number of nitrogens with zero attached hydrogens (tertiary/aromatic N) is 2. The first-order valence-corrected chi connectivity index (χ1v) is 11.9. The summed E-state index contributed by atoms with van der Waals surface area (Å²) < 4.78 is 69.3. The second kappa shape index (κ2) is 13.4. The van der Waals surface area contributed by atoms with E-state index < -0.39 is 24.3 Å². The Morgan fingerprint density at radius 2 is 1.49 bits per heavy atom. The van der Waals surface area contributed by atoms with E-state index in [4.69, 9.17) is 24.5 Å². The molecule has 37 heavy (non-hydrogen) atoms. The summed E-state index contributed by atoms with van der Waals surface area (Å²) in [5, 5.41) is 14.2. The first kappa shape index (κ1) is 30.8. The van der Waals surface area contributed by atoms with Crippen LogP contribution in [0.2, 0.25) is 0 Å². The molecule has 0 unspecified atom stereocenters. The summed E-state index contributed by atoms with van der Waals surface area (Å²) in [6.45, 7) is 6.23. The number of carboxylic acids is 2. The van der Waals surface area contributed by atoms with E-state index >= 15 is 0 Å². The van der Waals surface area contributed by atoms with Crippen LogP contribution >= 0.6 is 0 Å². The predicted molar refractivity (Wildman–Crippen MR) is 121 cm³/mol. The van der Waals surface area contributed by atoms with Crippen LogP contribution in [0.15, 0.2) is 30.3 Å². The van der Waals surface area contributed by atoms with Gasteiger partial charge in [0.1, 0.15) is 0 Å². The lowest BCUT2D eigenvalue weighted by molar-refractivity contribution is -0.193. The fourth-order valence-electron chi connectivity index (χ4n) is 4.62. The third kappa shape index (κ3) is 10.5. The summed E-state index contributed by atoms with van der Waals surface area (Å²) in [4.78, 5) is 23.3. The Morgan fingerprint density at radius 1 is 0.946 bits per heavy atom. The van der Waals surface area contributed by atoms with Crippen molar-refractivity contribution < 1.29 is 50.9 Å². The topological polar surface area (TPSA) is 90.3 Å². The van der Waals surface area contributed by atoms with Gasteiger partial charge in [-0.2, -0.15) is 26.3 Å². The van der Waals surface area contributed by atoms with Gasteiger partial charge in [-0.3, -0.25) is 4.90 Å². The first-order chi connectivity index (χ1) is 17.2. The molecule has 7 nitrogen and oxygen atoms in total. The van der Waals surface area contributed by atoms with Crippen molar-refractivity contribution in [3.05, 3.63) is 35.9 Å². The molecule has 0 bridgehead atoms. The van der Waals surface area contributed by atoms with Crippen LogP contribution in [0.5, 0.6) is 0 Å². The molecule has 13 heteroatoms. The number of piperidine rings is 1. The number of hydrogen-bond acceptors (Lipinski definition) is 5. The zero-order valence-corrected chi connectivity index (χ0v) is 20.3. The number of hydrogen-bond donors (Lipinski definition) is 2. The number of carboxylic acid groups (broad SMARTS) is 2. The maximum absolute atomic E-state index is 10.6. The molecule has 3 fully saturated rings. The van der Waals surface area contributed by atoms with Gasteiger partial charge in [-0.05, 0) is 37.2 Å². The third-order valence-corrected chi connectivity index (χ3v) is 6.59. The summed E-state index contributed by atoms with van der Waals surface area (Å²) >= 11 is 0. The van der Waals surface area contributed by atoms with Crippen molar-refractivity contribution in [1.82, 2.24) is 9.80 Å². The van der Waals surface area contributed by atoms with E-state index in [2.05, 4.69) is 40.1 Å². The largest absolute Gasteiger partial charge is 0.490 e. The fraction of sp³-hybridized carbons (Fsp3) is 0.667. The number of ether oxygens (including phenoxy) is 1. The van der Waals surface area contributed by atoms with E-state index in [9.17, 15) is 26.3 Å². The van der Waals surface area contributed by atoms with E-state index in [1.165, 1.54) is 64.0 Å². The molecule has 210 valence electrons. The number of carbonyl (C=O) groups is 2. The van der Waals surface area contributed by atoms with Crippen molar-refractivity contribution in [2.75, 3.05) is 39.8 Å². The summed E-state index contributed by atoms with van der Waals surface area (Å²) in [6, 6.07) is 11.6. The molecule has 2 saturated heterocycles. The molecule has 0 radical (unpaired) electrons. The Hall–Kier alpha value is -2.38. The zero-order chi connectivity index (χ0) is 27.8. The Labute approximate surface area is 211 Å². The van der Waals surface area contributed by atoms with Gasteiger partial charge in [-0.15, -0.1) is 0 Å². The number of rotatable bonds is 6. The quantitative estimate of drug-likeness (QED) is 0.527. The minimum atomic E-state index is -5.08. The van der Waals surface area contributed by atoms with Gasteiger partial charge in [0, 0.05) is 51.8 Å². The molecule has 0 spiro atoms. The van der Waals surface area contributed by atoms with Gasteiger partial charge in [0.15, 0.2) is 0 Å². The van der Waals surface area contributed by atoms with Crippen LogP contribution in [-0.2, 0) is 20.7 Å². The Balaban J connectivity index is 0.000000286. The molecule has 0 amide bonds. The summed E-state index contributed by atoms with van der Waals surface area (Å²) in [7, 11) is 1.91. The second-order valence-corrected chi connectivity index (χ2v) is 9.33. The van der Waals surface area contributed by atoms with E-state index in [-0.39, 0.29) is 0 Å². The zero-order valence-electron chi connectivity index (χ0n) is 20.3. The Kier molecular flexibility index (Phi) is 11.2. The van der Waals surface area contributed by atoms with E-state index in [1.807, 2.05) is 7.11 Å². The maximum Gasteiger partial charge on any atom is 0.490 e. The molecule has 1 saturated carbocycles. The number of halogens is 6. The smallest absolute Gasteiger partial charge is 0.475 e. The van der Waals surface area contributed by atoms with Crippen molar-refractivity contribution in [3.8, 4) is 0 Å². The van der Waals surface area contributed by atoms with Crippen molar-refractivity contribution >= 4 is 11.9 Å². The van der Waals surface area contributed by atoms with Gasteiger partial charge < -0.3 is 19.8 Å². The first-order valence-electron chi connectivity index (χ1n) is 11.9. The number of aliphatic carboxylic acids is 2. The number of benzene rings is 1. The van der Waals surface area contributed by atoms with Crippen molar-refractivity contribution in [1.29, 1.82) is 0 Å². The van der Waals surface area contributed by atoms with Crippen LogP contribution in [-0.4, -0.2) is 96.3 Å². The second-order valence-electron chi connectivity index (χ2n) is 9.33. The monoisotopic (exact) mass is 542 g/mol. The molecule has 2 N–H and O–H groups in total. The highest BCUT2D eigenvalue weighted by molar-refractivity contribution is 5.73. The number of likely N-dealkylation sites (tertiary alicyclic amines) is 2. The Morgan fingerprint density at radius 3 is 1.95 bits per heavy atom. The van der Waals surface area contributed by atoms with Gasteiger partial charge in [0.25, 0.3) is 0 Å². The van der Waals surface area contributed by atoms with Crippen LogP contribution in [0.25, 0.3) is 0 Å². The van der Waals surface area contributed by atoms with E-state index in [0.717, 1.165) is 5.92 Å². The number of alkyl halides is 6. The Bertz CT molecular complexity index is 839. The highest BCUT2D eigenvalue weighted by atomic mass is 19.4. The van der Waals surface area contributed by atoms with Crippen molar-refractivity contribution in [3.63, 3.8) is 0 Å². The molecule has 0 aromatic heterocycles. The van der Waals surface area contributed by atoms with Crippen LogP contribution in [0.3, 0.4) is 0 Å². The normalized spacial score (nSPS) is 24.2. The average Bonchev–Trinajstić information content (AvgIpc) is 3.53. The molecule has 4 rings (SSSR count). The molecule has 1 aliphatic carbocycles. The lowest BCUT2D eigenvalue weighted by Gasteiger charge is -2.41. The summed E-state index contributed by atoms with van der Waals surface area (Å²) in [5.74, 6) is -3.81. The van der Waals surface area contributed by atoms with Crippen LogP contribution < -0.4 is 0 Å². The van der Waals surface area contributed by atoms with Crippen molar-refractivity contribution in [2.24, 2.45) is 11.8 Å².